The Morgan fingerprint density at radius 2 is 1.44 bits per heavy atom. The SMILES string of the molecule is CCOC(=O)C1(C(=O)OCC)CC(=O)c2cc3c(cc2C1c1cc(OC)c(OC)c(OC)c1)OCO3. The van der Waals surface area contributed by atoms with Crippen molar-refractivity contribution in [3.05, 3.63) is 41.0 Å². The van der Waals surface area contributed by atoms with Crippen LogP contribution in [0.4, 0.5) is 0 Å². The summed E-state index contributed by atoms with van der Waals surface area (Å²) in [6, 6.07) is 6.48. The van der Waals surface area contributed by atoms with E-state index in [0.717, 1.165) is 0 Å². The zero-order valence-electron chi connectivity index (χ0n) is 20.8. The Bertz CT molecular complexity index is 1160. The molecule has 36 heavy (non-hydrogen) atoms. The van der Waals surface area contributed by atoms with Crippen LogP contribution in [0.2, 0.25) is 0 Å². The Balaban J connectivity index is 2.08. The molecular weight excluding hydrogens is 472 g/mol. The van der Waals surface area contributed by atoms with Gasteiger partial charge in [-0.15, -0.1) is 0 Å². The van der Waals surface area contributed by atoms with E-state index in [4.69, 9.17) is 33.2 Å². The lowest BCUT2D eigenvalue weighted by Gasteiger charge is -2.40. The van der Waals surface area contributed by atoms with Crippen molar-refractivity contribution in [2.75, 3.05) is 41.3 Å². The van der Waals surface area contributed by atoms with Crippen LogP contribution in [0.1, 0.15) is 47.7 Å². The largest absolute Gasteiger partial charge is 0.493 e. The highest BCUT2D eigenvalue weighted by Gasteiger charge is 2.60. The van der Waals surface area contributed by atoms with Crippen LogP contribution >= 0.6 is 0 Å². The predicted octanol–water partition coefficient (Wildman–Crippen LogP) is 3.27. The first kappa shape index (κ1) is 25.2. The third kappa shape index (κ3) is 3.86. The molecule has 1 heterocycles. The lowest BCUT2D eigenvalue weighted by molar-refractivity contribution is -0.173. The number of carbonyl (C=O) groups is 3. The van der Waals surface area contributed by atoms with Crippen LogP contribution in [0.25, 0.3) is 0 Å². The molecule has 0 amide bonds. The lowest BCUT2D eigenvalue weighted by atomic mass is 9.60. The molecule has 2 aliphatic rings. The highest BCUT2D eigenvalue weighted by atomic mass is 16.7. The Morgan fingerprint density at radius 3 is 1.94 bits per heavy atom. The molecule has 1 aliphatic heterocycles. The Morgan fingerprint density at radius 1 is 0.889 bits per heavy atom. The zero-order valence-corrected chi connectivity index (χ0v) is 20.8. The summed E-state index contributed by atoms with van der Waals surface area (Å²) < 4.78 is 38.3. The van der Waals surface area contributed by atoms with Crippen molar-refractivity contribution in [1.29, 1.82) is 0 Å². The van der Waals surface area contributed by atoms with E-state index in [-0.39, 0.29) is 20.0 Å². The zero-order chi connectivity index (χ0) is 26.0. The van der Waals surface area contributed by atoms with Crippen LogP contribution in [0.3, 0.4) is 0 Å². The van der Waals surface area contributed by atoms with Crippen molar-refractivity contribution in [2.24, 2.45) is 5.41 Å². The van der Waals surface area contributed by atoms with Gasteiger partial charge in [0.15, 0.2) is 34.2 Å². The molecule has 0 saturated carbocycles. The van der Waals surface area contributed by atoms with E-state index in [0.29, 0.717) is 45.4 Å². The number of methoxy groups -OCH3 is 3. The number of hydrogen-bond acceptors (Lipinski definition) is 10. The Labute approximate surface area is 208 Å². The fourth-order valence-electron chi connectivity index (χ4n) is 4.87. The number of rotatable bonds is 8. The fourth-order valence-corrected chi connectivity index (χ4v) is 4.87. The van der Waals surface area contributed by atoms with Gasteiger partial charge in [-0.05, 0) is 49.2 Å². The van der Waals surface area contributed by atoms with Crippen molar-refractivity contribution in [1.82, 2.24) is 0 Å². The molecule has 0 aromatic heterocycles. The normalized spacial score (nSPS) is 17.1. The van der Waals surface area contributed by atoms with E-state index in [1.165, 1.54) is 21.3 Å². The van der Waals surface area contributed by atoms with Gasteiger partial charge in [0.2, 0.25) is 12.5 Å². The topological polar surface area (TPSA) is 116 Å². The van der Waals surface area contributed by atoms with E-state index in [1.54, 1.807) is 38.1 Å². The molecular formula is C26H28O10. The third-order valence-corrected chi connectivity index (χ3v) is 6.39. The average molecular weight is 501 g/mol. The summed E-state index contributed by atoms with van der Waals surface area (Å²) in [4.78, 5) is 40.7. The van der Waals surface area contributed by atoms with Crippen molar-refractivity contribution < 1.29 is 47.5 Å². The second-order valence-corrected chi connectivity index (χ2v) is 8.20. The van der Waals surface area contributed by atoms with E-state index < -0.39 is 35.5 Å². The van der Waals surface area contributed by atoms with Crippen LogP contribution in [-0.2, 0) is 19.1 Å². The summed E-state index contributed by atoms with van der Waals surface area (Å²) in [5, 5.41) is 0. The summed E-state index contributed by atoms with van der Waals surface area (Å²) in [6.07, 6.45) is -0.460. The minimum atomic E-state index is -2.01. The van der Waals surface area contributed by atoms with E-state index in [2.05, 4.69) is 0 Å². The Kier molecular flexibility index (Phi) is 6.96. The number of hydrogen-bond donors (Lipinski definition) is 0. The van der Waals surface area contributed by atoms with Gasteiger partial charge in [0.1, 0.15) is 0 Å². The fraction of sp³-hybridized carbons (Fsp3) is 0.423. The van der Waals surface area contributed by atoms with Gasteiger partial charge >= 0.3 is 11.9 Å². The van der Waals surface area contributed by atoms with Gasteiger partial charge in [-0.1, -0.05) is 0 Å². The molecule has 0 fully saturated rings. The molecule has 2 aromatic rings. The van der Waals surface area contributed by atoms with Gasteiger partial charge in [-0.25, -0.2) is 0 Å². The first-order valence-electron chi connectivity index (χ1n) is 11.5. The van der Waals surface area contributed by atoms with Crippen molar-refractivity contribution in [3.8, 4) is 28.7 Å². The maximum Gasteiger partial charge on any atom is 0.324 e. The number of fused-ring (bicyclic) bond motifs is 2. The minimum absolute atomic E-state index is 0.00412. The number of esters is 2. The molecule has 10 nitrogen and oxygen atoms in total. The maximum atomic E-state index is 13.6. The van der Waals surface area contributed by atoms with Crippen LogP contribution in [0.5, 0.6) is 28.7 Å². The standard InChI is InChI=1S/C26H28O10/c1-6-33-24(28)26(25(29)34-7-2)12-17(27)15-10-18-19(36-13-35-18)11-16(15)22(26)14-8-20(30-3)23(32-5)21(9-14)31-4/h8-11,22H,6-7,12-13H2,1-5H3. The van der Waals surface area contributed by atoms with Gasteiger partial charge in [0.05, 0.1) is 34.5 Å². The van der Waals surface area contributed by atoms with Gasteiger partial charge in [-0.3, -0.25) is 14.4 Å². The highest BCUT2D eigenvalue weighted by Crippen LogP contribution is 2.55. The monoisotopic (exact) mass is 500 g/mol. The van der Waals surface area contributed by atoms with Gasteiger partial charge in [0.25, 0.3) is 0 Å². The molecule has 0 radical (unpaired) electrons. The summed E-state index contributed by atoms with van der Waals surface area (Å²) in [7, 11) is 4.39. The number of benzene rings is 2. The van der Waals surface area contributed by atoms with Crippen LogP contribution < -0.4 is 23.7 Å². The molecule has 1 atom stereocenters. The van der Waals surface area contributed by atoms with Crippen LogP contribution in [-0.4, -0.2) is 59.1 Å². The second-order valence-electron chi connectivity index (χ2n) is 8.20. The maximum absolute atomic E-state index is 13.6. The van der Waals surface area contributed by atoms with E-state index in [9.17, 15) is 14.4 Å². The van der Waals surface area contributed by atoms with Gasteiger partial charge in [0, 0.05) is 17.9 Å². The first-order chi connectivity index (χ1) is 17.4. The van der Waals surface area contributed by atoms with Crippen molar-refractivity contribution in [3.63, 3.8) is 0 Å². The van der Waals surface area contributed by atoms with Crippen LogP contribution in [0, 0.1) is 5.41 Å². The first-order valence-corrected chi connectivity index (χ1v) is 11.5. The molecule has 2 aromatic carbocycles. The summed E-state index contributed by atoms with van der Waals surface area (Å²) in [5.74, 6) is -1.40. The molecule has 1 unspecified atom stereocenters. The van der Waals surface area contributed by atoms with Crippen molar-refractivity contribution >= 4 is 17.7 Å². The van der Waals surface area contributed by atoms with E-state index in [1.807, 2.05) is 0 Å². The van der Waals surface area contributed by atoms with Gasteiger partial charge in [-0.2, -0.15) is 0 Å². The van der Waals surface area contributed by atoms with Crippen molar-refractivity contribution in [2.45, 2.75) is 26.2 Å². The molecule has 10 heteroatoms. The van der Waals surface area contributed by atoms with Crippen LogP contribution in [0.15, 0.2) is 24.3 Å². The number of Topliss-reactive ketones (excluding diaryl/α,β-unsaturated/α-hetero) is 1. The molecule has 0 bridgehead atoms. The predicted molar refractivity (Wildman–Crippen MR) is 125 cm³/mol. The molecule has 4 rings (SSSR count). The quantitative estimate of drug-likeness (QED) is 0.395. The minimum Gasteiger partial charge on any atom is -0.493 e. The molecule has 0 spiro atoms. The molecule has 0 saturated heterocycles. The van der Waals surface area contributed by atoms with Gasteiger partial charge < -0.3 is 33.2 Å². The summed E-state index contributed by atoms with van der Waals surface area (Å²) in [6.45, 7) is 3.25. The molecule has 0 N–H and O–H groups in total. The lowest BCUT2D eigenvalue weighted by Crippen LogP contribution is -2.51. The highest BCUT2D eigenvalue weighted by molar-refractivity contribution is 6.12. The smallest absolute Gasteiger partial charge is 0.324 e. The number of ether oxygens (including phenoxy) is 7. The number of carbonyl (C=O) groups excluding carboxylic acids is 3. The molecule has 192 valence electrons. The summed E-state index contributed by atoms with van der Waals surface area (Å²) >= 11 is 0. The Hall–Kier alpha value is -3.95. The van der Waals surface area contributed by atoms with E-state index >= 15 is 0 Å². The number of ketones is 1. The average Bonchev–Trinajstić information content (AvgIpc) is 3.34. The summed E-state index contributed by atoms with van der Waals surface area (Å²) in [5.41, 5.74) is -0.847. The third-order valence-electron chi connectivity index (χ3n) is 6.39. The molecule has 1 aliphatic carbocycles. The second kappa shape index (κ2) is 9.96.